The molecule has 0 saturated heterocycles. The normalized spacial score (nSPS) is 49.1. The Kier molecular flexibility index (Phi) is 4.78. The van der Waals surface area contributed by atoms with Crippen molar-refractivity contribution in [3.05, 3.63) is 11.6 Å². The fourth-order valence-corrected chi connectivity index (χ4v) is 9.07. The molecular formula is C26H38O4. The van der Waals surface area contributed by atoms with Crippen molar-refractivity contribution in [2.75, 3.05) is 6.61 Å². The Balaban J connectivity index is 1.44. The number of esters is 1. The lowest BCUT2D eigenvalue weighted by Crippen LogP contribution is -2.55. The summed E-state index contributed by atoms with van der Waals surface area (Å²) in [6.07, 6.45) is 11.3. The topological polar surface area (TPSA) is 63.6 Å². The van der Waals surface area contributed by atoms with Gasteiger partial charge in [0.25, 0.3) is 0 Å². The largest absolute Gasteiger partial charge is 0.466 e. The van der Waals surface area contributed by atoms with Crippen molar-refractivity contribution in [2.24, 2.45) is 40.4 Å². The van der Waals surface area contributed by atoms with Gasteiger partial charge in [0.2, 0.25) is 0 Å². The number of ether oxygens (including phenoxy) is 1. The van der Waals surface area contributed by atoms with E-state index >= 15 is 0 Å². The van der Waals surface area contributed by atoms with Crippen LogP contribution in [0.1, 0.15) is 85.0 Å². The van der Waals surface area contributed by atoms with Crippen LogP contribution in [0.25, 0.3) is 0 Å². The van der Waals surface area contributed by atoms with E-state index in [-0.39, 0.29) is 16.8 Å². The van der Waals surface area contributed by atoms with Gasteiger partial charge >= 0.3 is 5.97 Å². The highest BCUT2D eigenvalue weighted by molar-refractivity contribution is 5.91. The van der Waals surface area contributed by atoms with Crippen LogP contribution >= 0.6 is 0 Å². The molecule has 0 heterocycles. The Morgan fingerprint density at radius 1 is 1.10 bits per heavy atom. The molecule has 0 unspecified atom stereocenters. The maximum atomic E-state index is 12.1. The molecule has 4 heteroatoms. The van der Waals surface area contributed by atoms with E-state index in [1.165, 1.54) is 12.0 Å². The Bertz CT molecular complexity index is 786. The Morgan fingerprint density at radius 3 is 2.57 bits per heavy atom. The number of hydrogen-bond donors (Lipinski definition) is 1. The first-order chi connectivity index (χ1) is 14.2. The van der Waals surface area contributed by atoms with Gasteiger partial charge in [-0.2, -0.15) is 0 Å². The summed E-state index contributed by atoms with van der Waals surface area (Å²) < 4.78 is 5.18. The zero-order valence-corrected chi connectivity index (χ0v) is 18.9. The van der Waals surface area contributed by atoms with Gasteiger partial charge in [-0.3, -0.25) is 9.59 Å². The molecule has 0 spiro atoms. The van der Waals surface area contributed by atoms with Crippen molar-refractivity contribution in [3.8, 4) is 0 Å². The van der Waals surface area contributed by atoms with Crippen LogP contribution in [0.4, 0.5) is 0 Å². The van der Waals surface area contributed by atoms with E-state index < -0.39 is 5.60 Å². The fourth-order valence-electron chi connectivity index (χ4n) is 9.07. The van der Waals surface area contributed by atoms with Crippen LogP contribution in [0.3, 0.4) is 0 Å². The standard InChI is InChI=1S/C26H38O4/c1-4-30-22(28)11-14-26(29)21-8-7-19(21)23-18-6-5-16-15-17(27)9-12-24(16,2)20(18)10-13-25(23,26)3/h15,18-21,23,29H,4-14H2,1-3H3/t18-,19-,20+,21+,23-,24+,25+,26+/m1/s1. The maximum Gasteiger partial charge on any atom is 0.305 e. The lowest BCUT2D eigenvalue weighted by atomic mass is 9.45. The number of fused-ring (bicyclic) bond motifs is 7. The van der Waals surface area contributed by atoms with Crippen LogP contribution in [-0.2, 0) is 14.3 Å². The Morgan fingerprint density at radius 2 is 1.87 bits per heavy atom. The van der Waals surface area contributed by atoms with Crippen LogP contribution in [0.5, 0.6) is 0 Å². The Labute approximate surface area is 180 Å². The quantitative estimate of drug-likeness (QED) is 0.669. The van der Waals surface area contributed by atoms with Crippen molar-refractivity contribution in [2.45, 2.75) is 90.6 Å². The van der Waals surface area contributed by atoms with E-state index in [0.717, 1.165) is 38.5 Å². The average molecular weight is 415 g/mol. The molecule has 0 aromatic rings. The van der Waals surface area contributed by atoms with Gasteiger partial charge in [0.1, 0.15) is 0 Å². The molecule has 8 atom stereocenters. The third-order valence-electron chi connectivity index (χ3n) is 10.6. The Hall–Kier alpha value is -1.16. The summed E-state index contributed by atoms with van der Waals surface area (Å²) in [6.45, 7) is 7.01. The highest BCUT2D eigenvalue weighted by Gasteiger charge is 2.72. The molecule has 0 aromatic carbocycles. The smallest absolute Gasteiger partial charge is 0.305 e. The van der Waals surface area contributed by atoms with Crippen molar-refractivity contribution in [1.82, 2.24) is 0 Å². The van der Waals surface area contributed by atoms with Crippen LogP contribution in [0.2, 0.25) is 0 Å². The minimum absolute atomic E-state index is 0.103. The molecule has 5 aliphatic rings. The van der Waals surface area contributed by atoms with Crippen molar-refractivity contribution in [3.63, 3.8) is 0 Å². The summed E-state index contributed by atoms with van der Waals surface area (Å²) in [6, 6.07) is 0. The van der Waals surface area contributed by atoms with Crippen LogP contribution in [0.15, 0.2) is 11.6 Å². The van der Waals surface area contributed by atoms with Crippen molar-refractivity contribution in [1.29, 1.82) is 0 Å². The summed E-state index contributed by atoms with van der Waals surface area (Å²) >= 11 is 0. The summed E-state index contributed by atoms with van der Waals surface area (Å²) in [4.78, 5) is 24.2. The molecular weight excluding hydrogens is 376 g/mol. The molecule has 1 N–H and O–H groups in total. The summed E-state index contributed by atoms with van der Waals surface area (Å²) in [5.74, 6) is 2.93. The third kappa shape index (κ3) is 2.61. The summed E-state index contributed by atoms with van der Waals surface area (Å²) in [5, 5.41) is 12.1. The number of allylic oxidation sites excluding steroid dienone is 1. The molecule has 5 rings (SSSR count). The minimum atomic E-state index is -0.738. The average Bonchev–Trinajstić information content (AvgIpc) is 2.81. The van der Waals surface area contributed by atoms with E-state index in [1.54, 1.807) is 0 Å². The molecule has 4 nitrogen and oxygen atoms in total. The van der Waals surface area contributed by atoms with Gasteiger partial charge in [-0.1, -0.05) is 19.4 Å². The molecule has 5 aliphatic carbocycles. The number of hydrogen-bond acceptors (Lipinski definition) is 4. The number of rotatable bonds is 4. The number of ketones is 1. The van der Waals surface area contributed by atoms with Crippen LogP contribution in [0, 0.1) is 40.4 Å². The molecule has 30 heavy (non-hydrogen) atoms. The van der Waals surface area contributed by atoms with Crippen molar-refractivity contribution >= 4 is 11.8 Å². The zero-order valence-electron chi connectivity index (χ0n) is 18.9. The number of carbonyl (C=O) groups excluding carboxylic acids is 2. The molecule has 0 radical (unpaired) electrons. The van der Waals surface area contributed by atoms with E-state index in [9.17, 15) is 14.7 Å². The molecule has 0 aromatic heterocycles. The van der Waals surface area contributed by atoms with Crippen molar-refractivity contribution < 1.29 is 19.4 Å². The highest BCUT2D eigenvalue weighted by atomic mass is 16.5. The lowest BCUT2D eigenvalue weighted by molar-refractivity contribution is -0.157. The predicted octanol–water partition coefficient (Wildman–Crippen LogP) is 4.84. The first-order valence-corrected chi connectivity index (χ1v) is 12.4. The fraction of sp³-hybridized carbons (Fsp3) is 0.846. The van der Waals surface area contributed by atoms with Crippen LogP contribution < -0.4 is 0 Å². The van der Waals surface area contributed by atoms with E-state index in [2.05, 4.69) is 13.8 Å². The highest BCUT2D eigenvalue weighted by Crippen LogP contribution is 2.74. The van der Waals surface area contributed by atoms with Gasteiger partial charge in [-0.05, 0) is 105 Å². The van der Waals surface area contributed by atoms with E-state index in [1.807, 2.05) is 13.0 Å². The molecule has 4 saturated carbocycles. The van der Waals surface area contributed by atoms with Gasteiger partial charge < -0.3 is 9.84 Å². The molecule has 166 valence electrons. The van der Waals surface area contributed by atoms with Gasteiger partial charge in [0.05, 0.1) is 12.2 Å². The van der Waals surface area contributed by atoms with Gasteiger partial charge in [0, 0.05) is 12.8 Å². The van der Waals surface area contributed by atoms with Crippen LogP contribution in [-0.4, -0.2) is 29.1 Å². The molecule has 4 fully saturated rings. The third-order valence-corrected chi connectivity index (χ3v) is 10.6. The van der Waals surface area contributed by atoms with Gasteiger partial charge in [-0.15, -0.1) is 0 Å². The first kappa shape index (κ1) is 20.7. The minimum Gasteiger partial charge on any atom is -0.466 e. The molecule has 0 amide bonds. The second-order valence-electron chi connectivity index (χ2n) is 11.4. The SMILES string of the molecule is CCOC(=O)CC[C@]1(O)[C@H]2CC[C@H]2[C@H]2[C@@H]3CCC4=CC(=O)CC[C@]4(C)[C@H]3CC[C@@]21C. The summed E-state index contributed by atoms with van der Waals surface area (Å²) in [5.41, 5.74) is 0.736. The maximum absolute atomic E-state index is 12.1. The lowest BCUT2D eigenvalue weighted by Gasteiger charge is -2.59. The van der Waals surface area contributed by atoms with Gasteiger partial charge in [-0.25, -0.2) is 0 Å². The van der Waals surface area contributed by atoms with E-state index in [4.69, 9.17) is 4.74 Å². The predicted molar refractivity (Wildman–Crippen MR) is 115 cm³/mol. The second kappa shape index (κ2) is 6.92. The van der Waals surface area contributed by atoms with E-state index in [0.29, 0.717) is 61.2 Å². The number of aliphatic hydroxyl groups is 1. The second-order valence-corrected chi connectivity index (χ2v) is 11.4. The zero-order chi connectivity index (χ0) is 21.3. The first-order valence-electron chi connectivity index (χ1n) is 12.4. The number of carbonyl (C=O) groups is 2. The summed E-state index contributed by atoms with van der Waals surface area (Å²) in [7, 11) is 0. The van der Waals surface area contributed by atoms with Gasteiger partial charge in [0.15, 0.2) is 5.78 Å². The molecule has 0 aliphatic heterocycles. The molecule has 0 bridgehead atoms. The monoisotopic (exact) mass is 414 g/mol.